The number of benzene rings is 2. The lowest BCUT2D eigenvalue weighted by molar-refractivity contribution is 0.0341. The number of rotatable bonds is 2. The van der Waals surface area contributed by atoms with E-state index in [4.69, 9.17) is 33.7 Å². The number of fused-ring (bicyclic) bond motifs is 1. The third-order valence-electron chi connectivity index (χ3n) is 4.91. The number of nitrogens with two attached hydrogens (primary N) is 1. The third-order valence-corrected chi connectivity index (χ3v) is 5.65. The van der Waals surface area contributed by atoms with Gasteiger partial charge in [0.25, 0.3) is 0 Å². The third kappa shape index (κ3) is 2.81. The fraction of sp³-hybridized carbons (Fsp3) is 0.211. The molecule has 2 aliphatic heterocycles. The van der Waals surface area contributed by atoms with E-state index in [1.165, 1.54) is 0 Å². The smallest absolute Gasteiger partial charge is 0.200 e. The van der Waals surface area contributed by atoms with Crippen molar-refractivity contribution in [2.45, 2.75) is 18.2 Å². The Hall–Kier alpha value is -2.23. The van der Waals surface area contributed by atoms with Crippen molar-refractivity contribution in [3.05, 3.63) is 81.2 Å². The van der Waals surface area contributed by atoms with Crippen molar-refractivity contribution in [2.24, 2.45) is 11.7 Å². The van der Waals surface area contributed by atoms with Crippen molar-refractivity contribution >= 4 is 23.2 Å². The van der Waals surface area contributed by atoms with E-state index < -0.39 is 0 Å². The van der Waals surface area contributed by atoms with Crippen LogP contribution in [0.2, 0.25) is 10.0 Å². The lowest BCUT2D eigenvalue weighted by Crippen LogP contribution is -2.40. The molecular weight excluding hydrogens is 371 g/mol. The van der Waals surface area contributed by atoms with Gasteiger partial charge in [0.1, 0.15) is 6.07 Å². The van der Waals surface area contributed by atoms with E-state index in [0.717, 1.165) is 11.1 Å². The Balaban J connectivity index is 1.84. The molecule has 0 radical (unpaired) electrons. The Morgan fingerprint density at radius 1 is 1.00 bits per heavy atom. The molecule has 4 atom stereocenters. The van der Waals surface area contributed by atoms with Gasteiger partial charge >= 0.3 is 0 Å². The van der Waals surface area contributed by atoms with Gasteiger partial charge in [-0.3, -0.25) is 0 Å². The summed E-state index contributed by atoms with van der Waals surface area (Å²) in [5, 5.41) is 10.6. The number of hydrazine groups is 1. The quantitative estimate of drug-likeness (QED) is 0.734. The average molecular weight is 387 g/mol. The maximum absolute atomic E-state index is 9.73. The Morgan fingerprint density at radius 3 is 2.46 bits per heavy atom. The Kier molecular flexibility index (Phi) is 4.51. The van der Waals surface area contributed by atoms with Crippen LogP contribution in [0.3, 0.4) is 0 Å². The predicted molar refractivity (Wildman–Crippen MR) is 99.8 cm³/mol. The Labute approximate surface area is 161 Å². The van der Waals surface area contributed by atoms with Crippen LogP contribution >= 0.6 is 23.2 Å². The molecule has 4 N–H and O–H groups in total. The largest absolute Gasteiger partial charge is 0.458 e. The monoisotopic (exact) mass is 386 g/mol. The second kappa shape index (κ2) is 6.82. The number of nitriles is 1. The van der Waals surface area contributed by atoms with Crippen LogP contribution in [0.15, 0.2) is 60.0 Å². The Morgan fingerprint density at radius 2 is 1.77 bits per heavy atom. The van der Waals surface area contributed by atoms with Gasteiger partial charge < -0.3 is 10.5 Å². The number of nitrogens with one attached hydrogen (secondary N) is 2. The molecule has 0 aliphatic carbocycles. The van der Waals surface area contributed by atoms with Gasteiger partial charge in [-0.25, -0.2) is 10.9 Å². The van der Waals surface area contributed by atoms with E-state index in [2.05, 4.69) is 16.9 Å². The van der Waals surface area contributed by atoms with Crippen LogP contribution in [0.5, 0.6) is 0 Å². The van der Waals surface area contributed by atoms with Crippen molar-refractivity contribution in [3.8, 4) is 6.07 Å². The van der Waals surface area contributed by atoms with Crippen LogP contribution in [0.25, 0.3) is 0 Å². The number of ether oxygens (including phenoxy) is 1. The minimum absolute atomic E-state index is 0.0582. The summed E-state index contributed by atoms with van der Waals surface area (Å²) in [4.78, 5) is 0. The summed E-state index contributed by atoms with van der Waals surface area (Å²) in [5.74, 6) is -0.231. The van der Waals surface area contributed by atoms with Gasteiger partial charge in [-0.05, 0) is 23.3 Å². The van der Waals surface area contributed by atoms with E-state index in [-0.39, 0.29) is 30.0 Å². The summed E-state index contributed by atoms with van der Waals surface area (Å²) in [6, 6.07) is 17.6. The molecule has 0 saturated carbocycles. The topological polar surface area (TPSA) is 83.1 Å². The predicted octanol–water partition coefficient (Wildman–Crippen LogP) is 3.59. The number of hydrogen-bond acceptors (Lipinski definition) is 5. The summed E-state index contributed by atoms with van der Waals surface area (Å²) in [7, 11) is 0. The first kappa shape index (κ1) is 17.2. The highest BCUT2D eigenvalue weighted by Gasteiger charge is 2.49. The summed E-state index contributed by atoms with van der Waals surface area (Å²) >= 11 is 12.3. The molecule has 2 aromatic rings. The second-order valence-corrected chi connectivity index (χ2v) is 7.15. The van der Waals surface area contributed by atoms with Crippen LogP contribution in [0.4, 0.5) is 0 Å². The molecular formula is C19H16Cl2N4O. The summed E-state index contributed by atoms with van der Waals surface area (Å²) < 4.78 is 5.77. The molecule has 2 heterocycles. The van der Waals surface area contributed by atoms with Gasteiger partial charge in [0, 0.05) is 11.8 Å². The number of allylic oxidation sites excluding steroid dienone is 1. The van der Waals surface area contributed by atoms with Crippen LogP contribution in [0, 0.1) is 17.2 Å². The number of halogens is 2. The van der Waals surface area contributed by atoms with Crippen LogP contribution in [-0.2, 0) is 4.74 Å². The van der Waals surface area contributed by atoms with Gasteiger partial charge in [-0.1, -0.05) is 59.6 Å². The van der Waals surface area contributed by atoms with Crippen LogP contribution in [0.1, 0.15) is 23.1 Å². The van der Waals surface area contributed by atoms with E-state index in [0.29, 0.717) is 15.6 Å². The van der Waals surface area contributed by atoms with E-state index in [1.54, 1.807) is 12.1 Å². The fourth-order valence-corrected chi connectivity index (χ4v) is 4.05. The lowest BCUT2D eigenvalue weighted by atomic mass is 9.74. The minimum Gasteiger partial charge on any atom is -0.458 e. The SMILES string of the molecule is N#CC1=C(N)OC2NNC(c3ccccc3)C2C1c1ccc(Cl)c(Cl)c1. The minimum atomic E-state index is -0.364. The molecule has 4 unspecified atom stereocenters. The molecule has 0 bridgehead atoms. The molecule has 5 nitrogen and oxygen atoms in total. The zero-order valence-electron chi connectivity index (χ0n) is 13.6. The average Bonchev–Trinajstić information content (AvgIpc) is 3.07. The number of nitrogens with zero attached hydrogens (tertiary/aromatic N) is 1. The molecule has 1 fully saturated rings. The van der Waals surface area contributed by atoms with Crippen molar-refractivity contribution in [1.29, 1.82) is 5.26 Å². The van der Waals surface area contributed by atoms with Crippen LogP contribution < -0.4 is 16.6 Å². The van der Waals surface area contributed by atoms with Gasteiger partial charge in [0.2, 0.25) is 5.88 Å². The zero-order chi connectivity index (χ0) is 18.3. The molecule has 2 aliphatic rings. The first-order valence-corrected chi connectivity index (χ1v) is 8.93. The highest BCUT2D eigenvalue weighted by molar-refractivity contribution is 6.42. The molecule has 4 rings (SSSR count). The molecule has 0 amide bonds. The molecule has 26 heavy (non-hydrogen) atoms. The van der Waals surface area contributed by atoms with E-state index in [1.807, 2.05) is 36.4 Å². The molecule has 2 aromatic carbocycles. The van der Waals surface area contributed by atoms with Gasteiger partial charge in [-0.15, -0.1) is 0 Å². The van der Waals surface area contributed by atoms with E-state index >= 15 is 0 Å². The highest BCUT2D eigenvalue weighted by atomic mass is 35.5. The van der Waals surface area contributed by atoms with Crippen molar-refractivity contribution < 1.29 is 4.74 Å². The summed E-state index contributed by atoms with van der Waals surface area (Å²) in [5.41, 5.74) is 14.8. The van der Waals surface area contributed by atoms with Crippen LogP contribution in [-0.4, -0.2) is 6.23 Å². The molecule has 1 saturated heterocycles. The summed E-state index contributed by atoms with van der Waals surface area (Å²) in [6.45, 7) is 0. The summed E-state index contributed by atoms with van der Waals surface area (Å²) in [6.07, 6.45) is -0.364. The van der Waals surface area contributed by atoms with Gasteiger partial charge in [0.05, 0.1) is 21.7 Å². The maximum atomic E-state index is 9.73. The van der Waals surface area contributed by atoms with Crippen molar-refractivity contribution in [3.63, 3.8) is 0 Å². The lowest BCUT2D eigenvalue weighted by Gasteiger charge is -2.36. The Bertz CT molecular complexity index is 910. The maximum Gasteiger partial charge on any atom is 0.200 e. The van der Waals surface area contributed by atoms with Crippen molar-refractivity contribution in [2.75, 3.05) is 0 Å². The van der Waals surface area contributed by atoms with E-state index in [9.17, 15) is 5.26 Å². The zero-order valence-corrected chi connectivity index (χ0v) is 15.1. The second-order valence-electron chi connectivity index (χ2n) is 6.33. The fourth-order valence-electron chi connectivity index (χ4n) is 3.75. The molecule has 0 spiro atoms. The number of hydrogen-bond donors (Lipinski definition) is 3. The highest BCUT2D eigenvalue weighted by Crippen LogP contribution is 2.47. The van der Waals surface area contributed by atoms with Crippen molar-refractivity contribution in [1.82, 2.24) is 10.9 Å². The standard InChI is InChI=1S/C19H16Cl2N4O/c20-13-7-6-11(8-14(13)21)15-12(9-22)18(23)26-19-16(15)17(24-25-19)10-4-2-1-3-5-10/h1-8,15-17,19,24-25H,23H2. The van der Waals surface area contributed by atoms with Gasteiger partial charge in [0.15, 0.2) is 6.23 Å². The van der Waals surface area contributed by atoms with Gasteiger partial charge in [-0.2, -0.15) is 5.26 Å². The first-order chi connectivity index (χ1) is 12.6. The molecule has 0 aromatic heterocycles. The molecule has 7 heteroatoms. The normalized spacial score (nSPS) is 27.6. The molecule has 132 valence electrons. The first-order valence-electron chi connectivity index (χ1n) is 8.17.